The minimum atomic E-state index is -0.0173. The van der Waals surface area contributed by atoms with Crippen molar-refractivity contribution in [1.29, 1.82) is 0 Å². The van der Waals surface area contributed by atoms with Gasteiger partial charge in [0.05, 0.1) is 5.69 Å². The third kappa shape index (κ3) is 4.96. The second-order valence-electron chi connectivity index (χ2n) is 4.50. The van der Waals surface area contributed by atoms with Gasteiger partial charge in [-0.25, -0.2) is 0 Å². The third-order valence-corrected chi connectivity index (χ3v) is 3.65. The molecule has 1 amide bonds. The Labute approximate surface area is 121 Å². The summed E-state index contributed by atoms with van der Waals surface area (Å²) in [6.45, 7) is 3.86. The second kappa shape index (κ2) is 7.12. The molecule has 0 aliphatic carbocycles. The summed E-state index contributed by atoms with van der Waals surface area (Å²) < 4.78 is 0.838. The number of carbonyl (C=O) groups is 1. The van der Waals surface area contributed by atoms with Gasteiger partial charge in [-0.05, 0) is 60.3 Å². The number of anilines is 1. The van der Waals surface area contributed by atoms with Crippen LogP contribution in [0.3, 0.4) is 0 Å². The molecule has 0 aliphatic rings. The molecule has 3 nitrogen and oxygen atoms in total. The van der Waals surface area contributed by atoms with Crippen molar-refractivity contribution in [3.8, 4) is 0 Å². The minimum Gasteiger partial charge on any atom is -0.328 e. The van der Waals surface area contributed by atoms with Crippen molar-refractivity contribution in [3.63, 3.8) is 0 Å². The Morgan fingerprint density at radius 3 is 2.83 bits per heavy atom. The van der Waals surface area contributed by atoms with E-state index in [2.05, 4.69) is 21.2 Å². The van der Waals surface area contributed by atoms with Crippen molar-refractivity contribution in [3.05, 3.63) is 27.2 Å². The van der Waals surface area contributed by atoms with E-state index in [9.17, 15) is 4.79 Å². The standard InChI is InChI=1S/C13H18BrClN2O/c1-8-6-10(14)12(7-11(8)15)17-13(18)5-3-4-9(2)16/h6-7,9H,3-5,16H2,1-2H3,(H,17,18). The maximum absolute atomic E-state index is 11.7. The van der Waals surface area contributed by atoms with Crippen molar-refractivity contribution >= 4 is 39.1 Å². The molecule has 0 saturated heterocycles. The summed E-state index contributed by atoms with van der Waals surface area (Å²) in [5, 5.41) is 3.48. The van der Waals surface area contributed by atoms with Crippen LogP contribution in [0.25, 0.3) is 0 Å². The SMILES string of the molecule is Cc1cc(Br)c(NC(=O)CCCC(C)N)cc1Cl. The lowest BCUT2D eigenvalue weighted by Gasteiger charge is -2.10. The van der Waals surface area contributed by atoms with E-state index in [1.807, 2.05) is 19.9 Å². The molecule has 1 aromatic carbocycles. The molecule has 1 atom stereocenters. The third-order valence-electron chi connectivity index (χ3n) is 2.59. The summed E-state index contributed by atoms with van der Waals surface area (Å²) >= 11 is 9.43. The maximum Gasteiger partial charge on any atom is 0.224 e. The van der Waals surface area contributed by atoms with Crippen molar-refractivity contribution in [2.45, 2.75) is 39.2 Å². The minimum absolute atomic E-state index is 0.0173. The summed E-state index contributed by atoms with van der Waals surface area (Å²) in [5.41, 5.74) is 7.31. The number of halogens is 2. The van der Waals surface area contributed by atoms with Gasteiger partial charge < -0.3 is 11.1 Å². The molecule has 100 valence electrons. The predicted molar refractivity (Wildman–Crippen MR) is 80.0 cm³/mol. The zero-order valence-electron chi connectivity index (χ0n) is 10.6. The van der Waals surface area contributed by atoms with Crippen LogP contribution in [0.2, 0.25) is 5.02 Å². The van der Waals surface area contributed by atoms with Gasteiger partial charge in [-0.1, -0.05) is 11.6 Å². The second-order valence-corrected chi connectivity index (χ2v) is 5.76. The number of benzene rings is 1. The molecule has 5 heteroatoms. The highest BCUT2D eigenvalue weighted by Gasteiger charge is 2.08. The summed E-state index contributed by atoms with van der Waals surface area (Å²) in [4.78, 5) is 11.7. The van der Waals surface area contributed by atoms with Gasteiger partial charge in [-0.3, -0.25) is 4.79 Å². The van der Waals surface area contributed by atoms with Crippen LogP contribution in [0.5, 0.6) is 0 Å². The summed E-state index contributed by atoms with van der Waals surface area (Å²) in [6, 6.07) is 3.78. The molecule has 0 fully saturated rings. The molecule has 0 saturated carbocycles. The predicted octanol–water partition coefficient (Wildman–Crippen LogP) is 3.87. The van der Waals surface area contributed by atoms with Crippen molar-refractivity contribution < 1.29 is 4.79 Å². The zero-order chi connectivity index (χ0) is 13.7. The molecule has 0 aliphatic heterocycles. The quantitative estimate of drug-likeness (QED) is 0.859. The van der Waals surface area contributed by atoms with Crippen molar-refractivity contribution in [2.24, 2.45) is 5.73 Å². The van der Waals surface area contributed by atoms with Gasteiger partial charge in [0, 0.05) is 22.0 Å². The van der Waals surface area contributed by atoms with E-state index in [1.165, 1.54) is 0 Å². The molecule has 0 radical (unpaired) electrons. The van der Waals surface area contributed by atoms with Crippen LogP contribution in [0.4, 0.5) is 5.69 Å². The van der Waals surface area contributed by atoms with Gasteiger partial charge in [0.25, 0.3) is 0 Å². The topological polar surface area (TPSA) is 55.1 Å². The van der Waals surface area contributed by atoms with Crippen LogP contribution >= 0.6 is 27.5 Å². The largest absolute Gasteiger partial charge is 0.328 e. The van der Waals surface area contributed by atoms with Crippen molar-refractivity contribution in [1.82, 2.24) is 0 Å². The Hall–Kier alpha value is -0.580. The molecule has 1 aromatic rings. The normalized spacial score (nSPS) is 12.3. The molecule has 3 N–H and O–H groups in total. The summed E-state index contributed by atoms with van der Waals surface area (Å²) in [7, 11) is 0. The lowest BCUT2D eigenvalue weighted by Crippen LogP contribution is -2.17. The van der Waals surface area contributed by atoms with Crippen LogP contribution in [0, 0.1) is 6.92 Å². The monoisotopic (exact) mass is 332 g/mol. The molecule has 0 aromatic heterocycles. The van der Waals surface area contributed by atoms with E-state index in [4.69, 9.17) is 17.3 Å². The van der Waals surface area contributed by atoms with Crippen LogP contribution in [0.15, 0.2) is 16.6 Å². The summed E-state index contributed by atoms with van der Waals surface area (Å²) in [5.74, 6) is -0.0173. The first-order valence-electron chi connectivity index (χ1n) is 5.91. The number of hydrogen-bond acceptors (Lipinski definition) is 2. The highest BCUT2D eigenvalue weighted by Crippen LogP contribution is 2.29. The van der Waals surface area contributed by atoms with E-state index in [0.717, 1.165) is 22.9 Å². The van der Waals surface area contributed by atoms with Crippen LogP contribution < -0.4 is 11.1 Å². The lowest BCUT2D eigenvalue weighted by atomic mass is 10.1. The fraction of sp³-hybridized carbons (Fsp3) is 0.462. The zero-order valence-corrected chi connectivity index (χ0v) is 12.9. The highest BCUT2D eigenvalue weighted by molar-refractivity contribution is 9.10. The molecule has 1 rings (SSSR count). The first kappa shape index (κ1) is 15.5. The highest BCUT2D eigenvalue weighted by atomic mass is 79.9. The number of aryl methyl sites for hydroxylation is 1. The van der Waals surface area contributed by atoms with Crippen LogP contribution in [-0.4, -0.2) is 11.9 Å². The molecular weight excluding hydrogens is 316 g/mol. The average Bonchev–Trinajstić information content (AvgIpc) is 2.25. The van der Waals surface area contributed by atoms with E-state index < -0.39 is 0 Å². The number of rotatable bonds is 5. The van der Waals surface area contributed by atoms with Gasteiger partial charge >= 0.3 is 0 Å². The number of nitrogens with two attached hydrogens (primary N) is 1. The fourth-order valence-corrected chi connectivity index (χ4v) is 2.26. The molecule has 18 heavy (non-hydrogen) atoms. The van der Waals surface area contributed by atoms with Gasteiger partial charge in [0.1, 0.15) is 0 Å². The smallest absolute Gasteiger partial charge is 0.224 e. The van der Waals surface area contributed by atoms with E-state index >= 15 is 0 Å². The Morgan fingerprint density at radius 2 is 2.22 bits per heavy atom. The molecule has 0 heterocycles. The summed E-state index contributed by atoms with van der Waals surface area (Å²) in [6.07, 6.45) is 2.11. The van der Waals surface area contributed by atoms with Gasteiger partial charge in [-0.2, -0.15) is 0 Å². The number of hydrogen-bond donors (Lipinski definition) is 2. The molecule has 0 bridgehead atoms. The number of nitrogens with one attached hydrogen (secondary N) is 1. The molecule has 1 unspecified atom stereocenters. The van der Waals surface area contributed by atoms with E-state index in [0.29, 0.717) is 17.1 Å². The Bertz CT molecular complexity index is 435. The van der Waals surface area contributed by atoms with Gasteiger partial charge in [0.2, 0.25) is 5.91 Å². The first-order chi connectivity index (χ1) is 8.40. The lowest BCUT2D eigenvalue weighted by molar-refractivity contribution is -0.116. The first-order valence-corrected chi connectivity index (χ1v) is 7.08. The Balaban J connectivity index is 2.57. The maximum atomic E-state index is 11.7. The Morgan fingerprint density at radius 1 is 1.56 bits per heavy atom. The van der Waals surface area contributed by atoms with Crippen LogP contribution in [-0.2, 0) is 4.79 Å². The van der Waals surface area contributed by atoms with Crippen molar-refractivity contribution in [2.75, 3.05) is 5.32 Å². The Kier molecular flexibility index (Phi) is 6.12. The fourth-order valence-electron chi connectivity index (χ4n) is 1.54. The number of amides is 1. The molecule has 0 spiro atoms. The molecular formula is C13H18BrClN2O. The van der Waals surface area contributed by atoms with Gasteiger partial charge in [0.15, 0.2) is 0 Å². The van der Waals surface area contributed by atoms with Crippen LogP contribution in [0.1, 0.15) is 31.7 Å². The van der Waals surface area contributed by atoms with Gasteiger partial charge in [-0.15, -0.1) is 0 Å². The van der Waals surface area contributed by atoms with E-state index in [-0.39, 0.29) is 11.9 Å². The number of carbonyl (C=O) groups excluding carboxylic acids is 1. The van der Waals surface area contributed by atoms with E-state index in [1.54, 1.807) is 6.07 Å². The average molecular weight is 334 g/mol.